The molecule has 0 saturated carbocycles. The summed E-state index contributed by atoms with van der Waals surface area (Å²) < 4.78 is 23.6. The van der Waals surface area contributed by atoms with Gasteiger partial charge in [0.2, 0.25) is 11.2 Å². The highest BCUT2D eigenvalue weighted by atomic mass is 19.1. The molecule has 0 bridgehead atoms. The molecule has 2 N–H and O–H groups in total. The van der Waals surface area contributed by atoms with Gasteiger partial charge in [-0.1, -0.05) is 0 Å². The molecular weight excluding hydrogens is 307 g/mol. The second-order valence-electron chi connectivity index (χ2n) is 7.40. The number of ether oxygens (including phenoxy) is 2. The van der Waals surface area contributed by atoms with Gasteiger partial charge in [0.15, 0.2) is 0 Å². The summed E-state index contributed by atoms with van der Waals surface area (Å²) in [6.45, 7) is 9.22. The molecule has 1 aliphatic carbocycles. The molecule has 0 radical (unpaired) electrons. The lowest BCUT2D eigenvalue weighted by molar-refractivity contribution is -0.207. The third-order valence-electron chi connectivity index (χ3n) is 2.83. The van der Waals surface area contributed by atoms with Crippen LogP contribution in [-0.4, -0.2) is 44.6 Å². The molecule has 0 spiro atoms. The molecule has 2 atom stereocenters. The van der Waals surface area contributed by atoms with Gasteiger partial charge >= 0.3 is 11.9 Å². The van der Waals surface area contributed by atoms with Gasteiger partial charge in [0.25, 0.3) is 0 Å². The molecular formula is C16H23FO6. The van der Waals surface area contributed by atoms with Crippen LogP contribution in [0.1, 0.15) is 41.5 Å². The highest BCUT2D eigenvalue weighted by Gasteiger charge is 2.62. The molecule has 6 nitrogen and oxygen atoms in total. The van der Waals surface area contributed by atoms with E-state index < -0.39 is 40.2 Å². The molecule has 0 aromatic carbocycles. The minimum absolute atomic E-state index is 0.436. The van der Waals surface area contributed by atoms with E-state index in [9.17, 15) is 24.2 Å². The summed E-state index contributed by atoms with van der Waals surface area (Å²) >= 11 is 0. The van der Waals surface area contributed by atoms with Gasteiger partial charge in [0.1, 0.15) is 17.0 Å². The lowest BCUT2D eigenvalue weighted by Crippen LogP contribution is -2.64. The zero-order valence-electron chi connectivity index (χ0n) is 14.1. The second kappa shape index (κ2) is 5.72. The maximum atomic E-state index is 13.6. The Morgan fingerprint density at radius 3 is 1.74 bits per heavy atom. The lowest BCUT2D eigenvalue weighted by Gasteiger charge is -2.39. The smallest absolute Gasteiger partial charge is 0.346 e. The molecule has 23 heavy (non-hydrogen) atoms. The van der Waals surface area contributed by atoms with Crippen LogP contribution in [0.4, 0.5) is 4.39 Å². The SMILES string of the molecule is CC(C)(C)OC(=O)C1(O)C=CC(F)=CC1(O)C(=O)OC(C)(C)C. The second-order valence-corrected chi connectivity index (χ2v) is 7.40. The van der Waals surface area contributed by atoms with E-state index in [1.165, 1.54) is 20.8 Å². The number of halogens is 1. The van der Waals surface area contributed by atoms with E-state index in [0.717, 1.165) is 6.08 Å². The zero-order valence-corrected chi connectivity index (χ0v) is 14.1. The molecule has 0 heterocycles. The molecule has 2 unspecified atom stereocenters. The van der Waals surface area contributed by atoms with Gasteiger partial charge < -0.3 is 19.7 Å². The van der Waals surface area contributed by atoms with Gasteiger partial charge in [0, 0.05) is 0 Å². The van der Waals surface area contributed by atoms with Gasteiger partial charge in [-0.2, -0.15) is 0 Å². The largest absolute Gasteiger partial charge is 0.457 e. The predicted molar refractivity (Wildman–Crippen MR) is 79.9 cm³/mol. The zero-order chi connectivity index (χ0) is 18.3. The van der Waals surface area contributed by atoms with Crippen molar-refractivity contribution in [2.75, 3.05) is 0 Å². The first-order valence-electron chi connectivity index (χ1n) is 7.10. The normalized spacial score (nSPS) is 28.1. The highest BCUT2D eigenvalue weighted by Crippen LogP contribution is 2.36. The van der Waals surface area contributed by atoms with Crippen molar-refractivity contribution in [3.8, 4) is 0 Å². The number of carbonyl (C=O) groups is 2. The van der Waals surface area contributed by atoms with E-state index in [-0.39, 0.29) is 0 Å². The van der Waals surface area contributed by atoms with Gasteiger partial charge in [-0.05, 0) is 59.8 Å². The quantitative estimate of drug-likeness (QED) is 0.746. The summed E-state index contributed by atoms with van der Waals surface area (Å²) in [4.78, 5) is 24.6. The van der Waals surface area contributed by atoms with Crippen molar-refractivity contribution in [3.05, 3.63) is 24.1 Å². The number of hydrogen-bond acceptors (Lipinski definition) is 6. The first-order valence-corrected chi connectivity index (χ1v) is 7.10. The van der Waals surface area contributed by atoms with Crippen molar-refractivity contribution in [1.82, 2.24) is 0 Å². The predicted octanol–water partition coefficient (Wildman–Crippen LogP) is 1.56. The molecule has 130 valence electrons. The maximum Gasteiger partial charge on any atom is 0.346 e. The van der Waals surface area contributed by atoms with Crippen LogP contribution in [0.2, 0.25) is 0 Å². The first-order chi connectivity index (χ1) is 10.1. The minimum atomic E-state index is -2.94. The van der Waals surface area contributed by atoms with E-state index in [1.54, 1.807) is 20.8 Å². The highest BCUT2D eigenvalue weighted by molar-refractivity contribution is 5.97. The number of allylic oxidation sites excluding steroid dienone is 2. The molecule has 0 fully saturated rings. The Kier molecular flexibility index (Phi) is 4.81. The van der Waals surface area contributed by atoms with E-state index in [0.29, 0.717) is 12.2 Å². The van der Waals surface area contributed by atoms with Crippen molar-refractivity contribution in [2.45, 2.75) is 63.9 Å². The average molecular weight is 330 g/mol. The Morgan fingerprint density at radius 2 is 1.35 bits per heavy atom. The summed E-state index contributed by atoms with van der Waals surface area (Å²) in [6, 6.07) is 0. The summed E-state index contributed by atoms with van der Waals surface area (Å²) in [5, 5.41) is 21.2. The number of aliphatic hydroxyl groups is 2. The topological polar surface area (TPSA) is 93.1 Å². The fourth-order valence-electron chi connectivity index (χ4n) is 1.83. The minimum Gasteiger partial charge on any atom is -0.457 e. The van der Waals surface area contributed by atoms with Gasteiger partial charge in [-0.25, -0.2) is 14.0 Å². The summed E-state index contributed by atoms with van der Waals surface area (Å²) in [6.07, 6.45) is 1.88. The van der Waals surface area contributed by atoms with Gasteiger partial charge in [-0.15, -0.1) is 0 Å². The molecule has 0 aromatic heterocycles. The van der Waals surface area contributed by atoms with Gasteiger partial charge in [-0.3, -0.25) is 0 Å². The van der Waals surface area contributed by atoms with Crippen LogP contribution >= 0.6 is 0 Å². The van der Waals surface area contributed by atoms with E-state index in [2.05, 4.69) is 0 Å². The number of esters is 2. The van der Waals surface area contributed by atoms with Crippen LogP contribution < -0.4 is 0 Å². The third kappa shape index (κ3) is 4.17. The Morgan fingerprint density at radius 1 is 0.957 bits per heavy atom. The van der Waals surface area contributed by atoms with E-state index in [4.69, 9.17) is 9.47 Å². The Labute approximate surface area is 134 Å². The molecule has 0 saturated heterocycles. The lowest BCUT2D eigenvalue weighted by atomic mass is 9.78. The summed E-state index contributed by atoms with van der Waals surface area (Å²) in [5.74, 6) is -3.65. The van der Waals surface area contributed by atoms with Crippen molar-refractivity contribution < 1.29 is 33.7 Å². The molecule has 1 rings (SSSR count). The van der Waals surface area contributed by atoms with Crippen LogP contribution in [0.15, 0.2) is 24.1 Å². The number of carbonyl (C=O) groups excluding carboxylic acids is 2. The van der Waals surface area contributed by atoms with E-state index in [1.807, 2.05) is 0 Å². The molecule has 0 aliphatic heterocycles. The van der Waals surface area contributed by atoms with Crippen LogP contribution in [0, 0.1) is 0 Å². The fraction of sp³-hybridized carbons (Fsp3) is 0.625. The van der Waals surface area contributed by atoms with Crippen LogP contribution in [-0.2, 0) is 19.1 Å². The Bertz CT molecular complexity index is 566. The van der Waals surface area contributed by atoms with Crippen molar-refractivity contribution in [2.24, 2.45) is 0 Å². The van der Waals surface area contributed by atoms with Crippen molar-refractivity contribution in [1.29, 1.82) is 0 Å². The van der Waals surface area contributed by atoms with Crippen LogP contribution in [0.3, 0.4) is 0 Å². The summed E-state index contributed by atoms with van der Waals surface area (Å²) in [7, 11) is 0. The maximum absolute atomic E-state index is 13.6. The molecule has 0 amide bonds. The van der Waals surface area contributed by atoms with Crippen molar-refractivity contribution >= 4 is 11.9 Å². The summed E-state index contributed by atoms with van der Waals surface area (Å²) in [5.41, 5.74) is -7.76. The average Bonchev–Trinajstić information content (AvgIpc) is 2.29. The number of rotatable bonds is 2. The fourth-order valence-corrected chi connectivity index (χ4v) is 1.83. The standard InChI is InChI=1S/C16H23FO6/c1-13(2,3)22-11(18)15(20)8-7-10(17)9-16(15,21)12(19)23-14(4,5)6/h7-9,20-21H,1-6H3. The van der Waals surface area contributed by atoms with Crippen LogP contribution in [0.25, 0.3) is 0 Å². The molecule has 0 aromatic rings. The third-order valence-corrected chi connectivity index (χ3v) is 2.83. The van der Waals surface area contributed by atoms with Gasteiger partial charge in [0.05, 0.1) is 0 Å². The monoisotopic (exact) mass is 330 g/mol. The van der Waals surface area contributed by atoms with Crippen molar-refractivity contribution in [3.63, 3.8) is 0 Å². The Balaban J connectivity index is 3.31. The Hall–Kier alpha value is -1.73. The first kappa shape index (κ1) is 19.3. The molecule has 7 heteroatoms. The molecule has 1 aliphatic rings. The van der Waals surface area contributed by atoms with E-state index >= 15 is 0 Å². The number of hydrogen-bond donors (Lipinski definition) is 2. The van der Waals surface area contributed by atoms with Crippen LogP contribution in [0.5, 0.6) is 0 Å².